The zero-order valence-corrected chi connectivity index (χ0v) is 42.6. The number of aliphatic hydroxyl groups is 1. The summed E-state index contributed by atoms with van der Waals surface area (Å²) >= 11 is 1.57. The highest BCUT2D eigenvalue weighted by molar-refractivity contribution is 7.13. The van der Waals surface area contributed by atoms with Gasteiger partial charge >= 0.3 is 0 Å². The fraction of sp³-hybridized carbons (Fsp3) is 0.472. The Morgan fingerprint density at radius 1 is 0.918 bits per heavy atom. The van der Waals surface area contributed by atoms with Gasteiger partial charge in [-0.05, 0) is 78.3 Å². The van der Waals surface area contributed by atoms with Crippen molar-refractivity contribution in [3.63, 3.8) is 0 Å². The van der Waals surface area contributed by atoms with E-state index in [-0.39, 0.29) is 75.7 Å². The number of benzene rings is 2. The van der Waals surface area contributed by atoms with Crippen molar-refractivity contribution < 1.29 is 38.1 Å². The van der Waals surface area contributed by atoms with E-state index in [2.05, 4.69) is 25.4 Å². The average molecular weight is 1020 g/mol. The number of thiazole rings is 1. The number of hydrogen-bond donors (Lipinski definition) is 3. The van der Waals surface area contributed by atoms with E-state index in [9.17, 15) is 28.7 Å². The van der Waals surface area contributed by atoms with Gasteiger partial charge < -0.3 is 44.8 Å². The second-order valence-electron chi connectivity index (χ2n) is 20.1. The van der Waals surface area contributed by atoms with Crippen molar-refractivity contribution in [3.05, 3.63) is 113 Å². The topological polar surface area (TPSA) is 198 Å². The van der Waals surface area contributed by atoms with Crippen LogP contribution in [0.2, 0.25) is 0 Å². The number of aromatic nitrogens is 2. The molecule has 9 rings (SSSR count). The van der Waals surface area contributed by atoms with E-state index < -0.39 is 35.4 Å². The standard InChI is InChI=1S/C53H64FN11O7S/c1-34-49(73-33-57-34)36-15-13-35(14-16-36)28-56-51(69)42-27-39(66)30-64(42)52(70)50(53(2,3)4)59-47(67)31-71-24-25-72-32-48(68)62-22-20-61(21-23-62)45-12-6-10-40(58-45)43-29-55-44-17-18-46(60-65(43)44)63-19-7-11-41(63)37-8-5-9-38(54)26-37/h5-6,8-10,12-18,26,33,39,41-43,50,66H,7,11,19-25,27-32H2,1-4H3,(H,56,69)(H,59,67)/t39-,41-,42+,43?,50-/m1/s1. The number of piperazine rings is 1. The Morgan fingerprint density at radius 2 is 1.67 bits per heavy atom. The second-order valence-corrected chi connectivity index (χ2v) is 20.9. The van der Waals surface area contributed by atoms with E-state index in [0.29, 0.717) is 32.7 Å². The minimum atomic E-state index is -1.00. The maximum Gasteiger partial charge on any atom is 0.248 e. The number of hydrogen-bond acceptors (Lipinski definition) is 15. The van der Waals surface area contributed by atoms with Crippen LogP contribution in [0.4, 0.5) is 10.2 Å². The number of fused-ring (bicyclic) bond motifs is 1. The number of β-amino-alcohol motifs (C(OH)–C–C–N with tert-alkyl or cyclic N) is 1. The van der Waals surface area contributed by atoms with Crippen LogP contribution in [0.25, 0.3) is 10.4 Å². The molecule has 20 heteroatoms. The number of rotatable bonds is 16. The third-order valence-corrected chi connectivity index (χ3v) is 14.9. The Labute approximate surface area is 428 Å². The molecule has 2 aromatic heterocycles. The molecule has 0 aliphatic carbocycles. The number of halogens is 1. The Morgan fingerprint density at radius 3 is 2.41 bits per heavy atom. The molecule has 3 fully saturated rings. The van der Waals surface area contributed by atoms with Crippen LogP contribution in [0.15, 0.2) is 94.5 Å². The molecule has 0 radical (unpaired) electrons. The summed E-state index contributed by atoms with van der Waals surface area (Å²) in [6, 6.07) is 18.6. The molecule has 4 amide bonds. The van der Waals surface area contributed by atoms with Gasteiger partial charge in [0.25, 0.3) is 0 Å². The predicted molar refractivity (Wildman–Crippen MR) is 275 cm³/mol. The second kappa shape index (κ2) is 22.7. The molecule has 5 aliphatic rings. The number of aliphatic imine (C=N–C) groups is 1. The zero-order chi connectivity index (χ0) is 51.2. The molecule has 2 aromatic carbocycles. The van der Waals surface area contributed by atoms with Crippen LogP contribution in [0.1, 0.15) is 74.6 Å². The van der Waals surface area contributed by atoms with E-state index >= 15 is 0 Å². The van der Waals surface area contributed by atoms with Gasteiger partial charge in [-0.1, -0.05) is 63.2 Å². The van der Waals surface area contributed by atoms with E-state index in [4.69, 9.17) is 24.6 Å². The van der Waals surface area contributed by atoms with Crippen LogP contribution in [-0.2, 0) is 35.2 Å². The molecule has 0 saturated carbocycles. The van der Waals surface area contributed by atoms with Crippen molar-refractivity contribution in [1.82, 2.24) is 40.3 Å². The van der Waals surface area contributed by atoms with Gasteiger partial charge in [0.2, 0.25) is 23.6 Å². The van der Waals surface area contributed by atoms with Gasteiger partial charge in [0, 0.05) is 52.2 Å². The number of aliphatic hydroxyl groups excluding tert-OH is 1. The number of nitrogens with zero attached hydrogens (tertiary/aromatic N) is 9. The predicted octanol–water partition coefficient (Wildman–Crippen LogP) is 4.62. The summed E-state index contributed by atoms with van der Waals surface area (Å²) in [5, 5.41) is 23.3. The molecule has 386 valence electrons. The Kier molecular flexibility index (Phi) is 15.9. The van der Waals surface area contributed by atoms with Gasteiger partial charge in [-0.15, -0.1) is 11.3 Å². The van der Waals surface area contributed by atoms with Crippen molar-refractivity contribution >= 4 is 52.5 Å². The molecule has 7 heterocycles. The van der Waals surface area contributed by atoms with Gasteiger partial charge in [-0.3, -0.25) is 24.2 Å². The number of amidine groups is 2. The molecule has 73 heavy (non-hydrogen) atoms. The SMILES string of the molecule is Cc1ncsc1-c1ccc(CNC(=O)[C@@H]2C[C@@H](O)CN2C(=O)[C@@H](NC(=O)COCCOCC(=O)N2CCN(c3cccc(C4CN=C5C=CC(N6CCC[C@@H]6c6cccc(F)c6)=NN54)n3)CC2)C(C)(C)C)cc1. The maximum absolute atomic E-state index is 14.1. The molecule has 3 saturated heterocycles. The van der Waals surface area contributed by atoms with Gasteiger partial charge in [-0.25, -0.2) is 19.4 Å². The molecule has 5 aliphatic heterocycles. The number of anilines is 1. The summed E-state index contributed by atoms with van der Waals surface area (Å²) in [5.74, 6) is 0.645. The van der Waals surface area contributed by atoms with Crippen molar-refractivity contribution in [1.29, 1.82) is 0 Å². The number of likely N-dealkylation sites (tertiary alicyclic amines) is 2. The number of pyridine rings is 1. The Balaban J connectivity index is 0.689. The normalized spacial score (nSPS) is 21.3. The van der Waals surface area contributed by atoms with E-state index in [1.54, 1.807) is 28.4 Å². The first-order valence-electron chi connectivity index (χ1n) is 25.0. The van der Waals surface area contributed by atoms with Gasteiger partial charge in [-0.2, -0.15) is 5.10 Å². The smallest absolute Gasteiger partial charge is 0.248 e. The summed E-state index contributed by atoms with van der Waals surface area (Å²) in [6.45, 7) is 10.8. The molecule has 3 N–H and O–H groups in total. The van der Waals surface area contributed by atoms with Crippen molar-refractivity contribution in [2.75, 3.05) is 77.1 Å². The summed E-state index contributed by atoms with van der Waals surface area (Å²) in [6.07, 6.45) is 5.08. The van der Waals surface area contributed by atoms with Crippen LogP contribution in [0.3, 0.4) is 0 Å². The average Bonchev–Trinajstić information content (AvgIpc) is 4.23. The monoisotopic (exact) mass is 1020 g/mol. The zero-order valence-electron chi connectivity index (χ0n) is 41.8. The Hall–Kier alpha value is -6.61. The summed E-state index contributed by atoms with van der Waals surface area (Å²) in [7, 11) is 0. The fourth-order valence-corrected chi connectivity index (χ4v) is 10.8. The van der Waals surface area contributed by atoms with Gasteiger partial charge in [0.15, 0.2) is 0 Å². The number of aryl methyl sites for hydroxylation is 1. The maximum atomic E-state index is 14.1. The molecule has 18 nitrogen and oxygen atoms in total. The number of amides is 4. The first-order chi connectivity index (χ1) is 35.2. The third kappa shape index (κ3) is 12.1. The molecular formula is C53H64FN11O7S. The highest BCUT2D eigenvalue weighted by Gasteiger charge is 2.44. The van der Waals surface area contributed by atoms with Crippen LogP contribution in [0.5, 0.6) is 0 Å². The molecule has 0 bridgehead atoms. The summed E-state index contributed by atoms with van der Waals surface area (Å²) < 4.78 is 25.4. The van der Waals surface area contributed by atoms with Crippen molar-refractivity contribution in [2.45, 2.75) is 83.8 Å². The minimum Gasteiger partial charge on any atom is -0.391 e. The lowest BCUT2D eigenvalue weighted by atomic mass is 9.85. The highest BCUT2D eigenvalue weighted by atomic mass is 32.1. The number of carbonyl (C=O) groups excluding carboxylic acids is 4. The number of carbonyl (C=O) groups is 4. The third-order valence-electron chi connectivity index (χ3n) is 13.9. The Bertz CT molecular complexity index is 2740. The number of nitrogens with one attached hydrogen (secondary N) is 2. The lowest BCUT2D eigenvalue weighted by Crippen LogP contribution is -2.58. The van der Waals surface area contributed by atoms with Crippen LogP contribution in [-0.4, -0.2) is 161 Å². The van der Waals surface area contributed by atoms with Crippen LogP contribution >= 0.6 is 11.3 Å². The summed E-state index contributed by atoms with van der Waals surface area (Å²) in [4.78, 5) is 76.5. The molecule has 0 spiro atoms. The van der Waals surface area contributed by atoms with Gasteiger partial charge in [0.1, 0.15) is 54.6 Å². The largest absolute Gasteiger partial charge is 0.391 e. The lowest BCUT2D eigenvalue weighted by Gasteiger charge is -2.36. The molecule has 4 aromatic rings. The van der Waals surface area contributed by atoms with E-state index in [1.165, 1.54) is 11.0 Å². The minimum absolute atomic E-state index is 0.0375. The first-order valence-corrected chi connectivity index (χ1v) is 25.9. The fourth-order valence-electron chi connectivity index (χ4n) is 10.0. The molecule has 5 atom stereocenters. The number of hydrazone groups is 1. The van der Waals surface area contributed by atoms with Crippen molar-refractivity contribution in [3.8, 4) is 10.4 Å². The lowest BCUT2D eigenvalue weighted by molar-refractivity contribution is -0.144. The molecular weight excluding hydrogens is 954 g/mol. The highest BCUT2D eigenvalue weighted by Crippen LogP contribution is 2.36. The van der Waals surface area contributed by atoms with Crippen LogP contribution in [0, 0.1) is 18.2 Å². The van der Waals surface area contributed by atoms with E-state index in [1.807, 2.05) is 98.9 Å². The summed E-state index contributed by atoms with van der Waals surface area (Å²) in [5.41, 5.74) is 5.75. The first kappa shape index (κ1) is 51.3. The van der Waals surface area contributed by atoms with Crippen LogP contribution < -0.4 is 15.5 Å². The quantitative estimate of drug-likeness (QED) is 0.132. The van der Waals surface area contributed by atoms with Gasteiger partial charge in [0.05, 0.1) is 53.7 Å². The number of ether oxygens (including phenoxy) is 2. The molecule has 1 unspecified atom stereocenters. The van der Waals surface area contributed by atoms with Crippen molar-refractivity contribution in [2.24, 2.45) is 15.5 Å². The van der Waals surface area contributed by atoms with E-state index in [0.717, 1.165) is 69.8 Å².